The van der Waals surface area contributed by atoms with Crippen LogP contribution in [0.1, 0.15) is 20.3 Å². The molecule has 0 unspecified atom stereocenters. The molecular weight excluding hydrogens is 276 g/mol. The summed E-state index contributed by atoms with van der Waals surface area (Å²) in [5.41, 5.74) is 0. The van der Waals surface area contributed by atoms with Crippen molar-refractivity contribution in [1.29, 1.82) is 0 Å². The standard InChI is InChI=1S/C3H8.4CH2O3/c1-3-2;4*2-1(3)4/h3H2,1-2H3;4*(H2,2,3,4). The highest BCUT2D eigenvalue weighted by molar-refractivity contribution is 5.54. The van der Waals surface area contributed by atoms with E-state index >= 15 is 0 Å². The molecule has 0 saturated carbocycles. The molecule has 0 aromatic heterocycles. The summed E-state index contributed by atoms with van der Waals surface area (Å²) in [6, 6.07) is 0. The molecule has 0 bridgehead atoms. The van der Waals surface area contributed by atoms with E-state index in [-0.39, 0.29) is 0 Å². The van der Waals surface area contributed by atoms with Crippen molar-refractivity contribution < 1.29 is 60.0 Å². The van der Waals surface area contributed by atoms with E-state index in [0.29, 0.717) is 0 Å². The molecule has 0 amide bonds. The summed E-state index contributed by atoms with van der Waals surface area (Å²) in [6.45, 7) is 4.25. The topological polar surface area (TPSA) is 230 Å². The van der Waals surface area contributed by atoms with Crippen molar-refractivity contribution in [2.45, 2.75) is 20.3 Å². The lowest BCUT2D eigenvalue weighted by Gasteiger charge is -1.60. The Morgan fingerprint density at radius 1 is 0.526 bits per heavy atom. The molecule has 0 spiro atoms. The van der Waals surface area contributed by atoms with Crippen molar-refractivity contribution in [3.05, 3.63) is 0 Å². The van der Waals surface area contributed by atoms with E-state index < -0.39 is 24.6 Å². The zero-order valence-electron chi connectivity index (χ0n) is 9.92. The summed E-state index contributed by atoms with van der Waals surface area (Å²) in [4.78, 5) is 34.2. The van der Waals surface area contributed by atoms with Crippen LogP contribution in [-0.2, 0) is 0 Å². The van der Waals surface area contributed by atoms with Gasteiger partial charge in [0, 0.05) is 0 Å². The Bertz CT molecular complexity index is 170. The summed E-state index contributed by atoms with van der Waals surface area (Å²) in [5, 5.41) is 55.8. The third-order valence-corrected chi connectivity index (χ3v) is 0. The van der Waals surface area contributed by atoms with E-state index in [0.717, 1.165) is 0 Å². The lowest BCUT2D eigenvalue weighted by Crippen LogP contribution is -1.81. The smallest absolute Gasteiger partial charge is 0.450 e. The Labute approximate surface area is 106 Å². The van der Waals surface area contributed by atoms with E-state index in [9.17, 15) is 0 Å². The third kappa shape index (κ3) is 303. The van der Waals surface area contributed by atoms with E-state index in [4.69, 9.17) is 60.0 Å². The zero-order chi connectivity index (χ0) is 17.0. The van der Waals surface area contributed by atoms with E-state index in [1.165, 1.54) is 6.42 Å². The molecule has 12 nitrogen and oxygen atoms in total. The molecule has 116 valence electrons. The second-order valence-electron chi connectivity index (χ2n) is 1.84. The molecule has 0 aromatic carbocycles. The minimum atomic E-state index is -1.83. The van der Waals surface area contributed by atoms with E-state index in [2.05, 4.69) is 13.8 Å². The van der Waals surface area contributed by atoms with Crippen molar-refractivity contribution in [1.82, 2.24) is 0 Å². The van der Waals surface area contributed by atoms with Gasteiger partial charge in [-0.2, -0.15) is 0 Å². The fraction of sp³-hybridized carbons (Fsp3) is 0.429. The average Bonchev–Trinajstić information content (AvgIpc) is 1.97. The largest absolute Gasteiger partial charge is 0.503 e. The van der Waals surface area contributed by atoms with Gasteiger partial charge >= 0.3 is 24.6 Å². The molecule has 0 atom stereocenters. The molecule has 8 N–H and O–H groups in total. The Hall–Kier alpha value is -2.92. The first-order chi connectivity index (χ1) is 8.34. The molecule has 0 heterocycles. The fourth-order valence-electron chi connectivity index (χ4n) is 0. The van der Waals surface area contributed by atoms with Crippen LogP contribution in [0, 0.1) is 0 Å². The molecule has 19 heavy (non-hydrogen) atoms. The number of rotatable bonds is 0. The normalized spacial score (nSPS) is 6.00. The quantitative estimate of drug-likeness (QED) is 0.321. The predicted molar refractivity (Wildman–Crippen MR) is 58.6 cm³/mol. The van der Waals surface area contributed by atoms with Crippen molar-refractivity contribution in [2.75, 3.05) is 0 Å². The van der Waals surface area contributed by atoms with Gasteiger partial charge in [-0.15, -0.1) is 0 Å². The molecular formula is C7H16O12. The summed E-state index contributed by atoms with van der Waals surface area (Å²) in [5.74, 6) is 0. The fourth-order valence-corrected chi connectivity index (χ4v) is 0. The van der Waals surface area contributed by atoms with E-state index in [1.807, 2.05) is 0 Å². The Morgan fingerprint density at radius 3 is 0.526 bits per heavy atom. The van der Waals surface area contributed by atoms with Gasteiger partial charge in [0.2, 0.25) is 0 Å². The highest BCUT2D eigenvalue weighted by atomic mass is 16.6. The molecule has 0 fully saturated rings. The molecule has 0 aliphatic heterocycles. The van der Waals surface area contributed by atoms with Crippen LogP contribution in [-0.4, -0.2) is 65.5 Å². The molecule has 0 aromatic rings. The van der Waals surface area contributed by atoms with Crippen molar-refractivity contribution >= 4 is 24.6 Å². The minimum Gasteiger partial charge on any atom is -0.450 e. The molecule has 0 radical (unpaired) electrons. The highest BCUT2D eigenvalue weighted by Crippen LogP contribution is 1.56. The molecule has 0 saturated heterocycles. The Kier molecular flexibility index (Phi) is 46.1. The Balaban J connectivity index is -0.0000000432. The highest BCUT2D eigenvalue weighted by Gasteiger charge is 1.71. The second-order valence-corrected chi connectivity index (χ2v) is 1.84. The summed E-state index contributed by atoms with van der Waals surface area (Å²) >= 11 is 0. The first-order valence-electron chi connectivity index (χ1n) is 4.02. The summed E-state index contributed by atoms with van der Waals surface area (Å²) in [7, 11) is 0. The van der Waals surface area contributed by atoms with Gasteiger partial charge in [-0.05, 0) is 0 Å². The van der Waals surface area contributed by atoms with Gasteiger partial charge in [-0.3, -0.25) is 0 Å². The van der Waals surface area contributed by atoms with Crippen molar-refractivity contribution in [3.63, 3.8) is 0 Å². The number of hydrogen-bond donors (Lipinski definition) is 8. The van der Waals surface area contributed by atoms with Crippen LogP contribution in [0.25, 0.3) is 0 Å². The first kappa shape index (κ1) is 29.8. The second kappa shape index (κ2) is 29.4. The van der Waals surface area contributed by atoms with Crippen molar-refractivity contribution in [2.24, 2.45) is 0 Å². The van der Waals surface area contributed by atoms with Crippen LogP contribution in [0.4, 0.5) is 19.2 Å². The number of carbonyl (C=O) groups is 4. The average molecular weight is 292 g/mol. The summed E-state index contributed by atoms with van der Waals surface area (Å²) < 4.78 is 0. The zero-order valence-corrected chi connectivity index (χ0v) is 9.92. The van der Waals surface area contributed by atoms with Crippen LogP contribution in [0.3, 0.4) is 0 Å². The van der Waals surface area contributed by atoms with Crippen molar-refractivity contribution in [3.8, 4) is 0 Å². The molecule has 0 aliphatic rings. The number of hydrogen-bond acceptors (Lipinski definition) is 4. The number of carboxylic acid groups (broad SMARTS) is 8. The van der Waals surface area contributed by atoms with Crippen LogP contribution < -0.4 is 0 Å². The molecule has 12 heteroatoms. The maximum Gasteiger partial charge on any atom is 0.503 e. The van der Waals surface area contributed by atoms with Gasteiger partial charge in [0.25, 0.3) is 0 Å². The Morgan fingerprint density at radius 2 is 0.526 bits per heavy atom. The summed E-state index contributed by atoms with van der Waals surface area (Å²) in [6.07, 6.45) is -6.08. The van der Waals surface area contributed by atoms with Gasteiger partial charge in [0.1, 0.15) is 0 Å². The maximum atomic E-state index is 8.56. The predicted octanol–water partition coefficient (Wildman–Crippen LogP) is 2.31. The SMILES string of the molecule is CCC.O=C(O)O.O=C(O)O.O=C(O)O.O=C(O)O. The van der Waals surface area contributed by atoms with Gasteiger partial charge in [0.15, 0.2) is 0 Å². The van der Waals surface area contributed by atoms with Crippen LogP contribution in [0.15, 0.2) is 0 Å². The first-order valence-corrected chi connectivity index (χ1v) is 4.02. The lowest BCUT2D eigenvalue weighted by molar-refractivity contribution is 0.135. The van der Waals surface area contributed by atoms with Gasteiger partial charge in [-0.25, -0.2) is 19.2 Å². The van der Waals surface area contributed by atoms with Gasteiger partial charge < -0.3 is 40.9 Å². The van der Waals surface area contributed by atoms with Gasteiger partial charge in [-0.1, -0.05) is 20.3 Å². The van der Waals surface area contributed by atoms with Crippen LogP contribution in [0.2, 0.25) is 0 Å². The molecule has 0 aliphatic carbocycles. The van der Waals surface area contributed by atoms with Crippen LogP contribution >= 0.6 is 0 Å². The monoisotopic (exact) mass is 292 g/mol. The van der Waals surface area contributed by atoms with E-state index in [1.54, 1.807) is 0 Å². The van der Waals surface area contributed by atoms with Crippen LogP contribution in [0.5, 0.6) is 0 Å². The molecule has 0 rings (SSSR count). The maximum absolute atomic E-state index is 8.56. The third-order valence-electron chi connectivity index (χ3n) is 0. The lowest BCUT2D eigenvalue weighted by atomic mass is 10.6. The van der Waals surface area contributed by atoms with Gasteiger partial charge in [0.05, 0.1) is 0 Å². The minimum absolute atomic E-state index is 1.25.